The van der Waals surface area contributed by atoms with E-state index in [1.807, 2.05) is 0 Å². The molecule has 18 heavy (non-hydrogen) atoms. The van der Waals surface area contributed by atoms with Crippen LogP contribution in [0.1, 0.15) is 25.3 Å². The van der Waals surface area contributed by atoms with Crippen molar-refractivity contribution in [2.24, 2.45) is 5.92 Å². The number of carbonyl (C=O) groups is 2. The second-order valence-electron chi connectivity index (χ2n) is 4.06. The SMILES string of the molecule is CC(=O)SCC(C(=O)O)C(C)c1ccccc1F. The average Bonchev–Trinajstić information content (AvgIpc) is 2.28. The van der Waals surface area contributed by atoms with Crippen LogP contribution in [0, 0.1) is 11.7 Å². The molecule has 0 radical (unpaired) electrons. The maximum absolute atomic E-state index is 13.6. The minimum atomic E-state index is -1.01. The molecule has 0 fully saturated rings. The van der Waals surface area contributed by atoms with E-state index in [9.17, 15) is 14.0 Å². The number of hydrogen-bond donors (Lipinski definition) is 1. The number of rotatable bonds is 5. The van der Waals surface area contributed by atoms with Crippen LogP contribution in [0.5, 0.6) is 0 Å². The molecule has 1 aromatic rings. The van der Waals surface area contributed by atoms with Crippen LogP contribution < -0.4 is 0 Å². The fourth-order valence-electron chi connectivity index (χ4n) is 1.70. The quantitative estimate of drug-likeness (QED) is 0.893. The molecule has 0 aliphatic carbocycles. The molecule has 0 aliphatic heterocycles. The monoisotopic (exact) mass is 270 g/mol. The lowest BCUT2D eigenvalue weighted by Crippen LogP contribution is -2.23. The molecule has 0 aliphatic rings. The van der Waals surface area contributed by atoms with Gasteiger partial charge in [-0.25, -0.2) is 4.39 Å². The molecule has 1 rings (SSSR count). The summed E-state index contributed by atoms with van der Waals surface area (Å²) in [5.74, 6) is -2.53. The van der Waals surface area contributed by atoms with Gasteiger partial charge in [0, 0.05) is 12.7 Å². The number of carboxylic acids is 1. The van der Waals surface area contributed by atoms with Crippen molar-refractivity contribution in [2.45, 2.75) is 19.8 Å². The Morgan fingerprint density at radius 1 is 1.39 bits per heavy atom. The number of aliphatic carboxylic acids is 1. The first-order valence-electron chi connectivity index (χ1n) is 5.54. The lowest BCUT2D eigenvalue weighted by atomic mass is 9.88. The van der Waals surface area contributed by atoms with Crippen molar-refractivity contribution >= 4 is 22.8 Å². The van der Waals surface area contributed by atoms with Crippen LogP contribution in [0.15, 0.2) is 24.3 Å². The predicted octanol–water partition coefficient (Wildman–Crippen LogP) is 2.91. The molecule has 1 N–H and O–H groups in total. The van der Waals surface area contributed by atoms with Crippen LogP contribution in [0.25, 0.3) is 0 Å². The summed E-state index contributed by atoms with van der Waals surface area (Å²) in [7, 11) is 0. The van der Waals surface area contributed by atoms with E-state index in [1.54, 1.807) is 25.1 Å². The summed E-state index contributed by atoms with van der Waals surface area (Å²) in [4.78, 5) is 22.1. The molecule has 0 aromatic heterocycles. The molecular formula is C13H15FO3S. The van der Waals surface area contributed by atoms with E-state index in [4.69, 9.17) is 5.11 Å². The maximum Gasteiger partial charge on any atom is 0.307 e. The normalized spacial score (nSPS) is 13.9. The van der Waals surface area contributed by atoms with Gasteiger partial charge in [0.2, 0.25) is 0 Å². The fourth-order valence-corrected chi connectivity index (χ4v) is 2.54. The summed E-state index contributed by atoms with van der Waals surface area (Å²) in [6.07, 6.45) is 0. The summed E-state index contributed by atoms with van der Waals surface area (Å²) >= 11 is 0.954. The molecule has 0 heterocycles. The van der Waals surface area contributed by atoms with Crippen LogP contribution in [-0.2, 0) is 9.59 Å². The predicted molar refractivity (Wildman–Crippen MR) is 69.1 cm³/mol. The number of carbonyl (C=O) groups excluding carboxylic acids is 1. The Labute approximate surface area is 109 Å². The summed E-state index contributed by atoms with van der Waals surface area (Å²) in [5, 5.41) is 9.02. The number of benzene rings is 1. The van der Waals surface area contributed by atoms with Gasteiger partial charge in [-0.2, -0.15) is 0 Å². The molecule has 0 saturated heterocycles. The highest BCUT2D eigenvalue weighted by Gasteiger charge is 2.28. The topological polar surface area (TPSA) is 54.4 Å². The smallest absolute Gasteiger partial charge is 0.307 e. The summed E-state index contributed by atoms with van der Waals surface area (Å²) < 4.78 is 13.6. The van der Waals surface area contributed by atoms with Gasteiger partial charge in [0.05, 0.1) is 5.92 Å². The number of carboxylic acid groups (broad SMARTS) is 1. The Morgan fingerprint density at radius 2 is 2.00 bits per heavy atom. The molecule has 3 nitrogen and oxygen atoms in total. The third kappa shape index (κ3) is 3.84. The second kappa shape index (κ2) is 6.54. The van der Waals surface area contributed by atoms with E-state index in [2.05, 4.69) is 0 Å². The molecule has 2 atom stereocenters. The zero-order valence-corrected chi connectivity index (χ0v) is 11.0. The van der Waals surface area contributed by atoms with Crippen molar-refractivity contribution < 1.29 is 19.1 Å². The van der Waals surface area contributed by atoms with E-state index in [-0.39, 0.29) is 10.9 Å². The molecule has 0 saturated carbocycles. The van der Waals surface area contributed by atoms with Crippen LogP contribution >= 0.6 is 11.8 Å². The zero-order valence-electron chi connectivity index (χ0n) is 10.2. The summed E-state index contributed by atoms with van der Waals surface area (Å²) in [6.45, 7) is 3.05. The first-order valence-corrected chi connectivity index (χ1v) is 6.52. The van der Waals surface area contributed by atoms with Gasteiger partial charge < -0.3 is 5.11 Å². The van der Waals surface area contributed by atoms with Crippen LogP contribution in [-0.4, -0.2) is 21.9 Å². The van der Waals surface area contributed by atoms with Crippen molar-refractivity contribution in [3.63, 3.8) is 0 Å². The van der Waals surface area contributed by atoms with E-state index >= 15 is 0 Å². The summed E-state index contributed by atoms with van der Waals surface area (Å²) in [6, 6.07) is 6.12. The first kappa shape index (κ1) is 14.7. The Kier molecular flexibility index (Phi) is 5.34. The lowest BCUT2D eigenvalue weighted by molar-refractivity contribution is -0.141. The number of halogens is 1. The van der Waals surface area contributed by atoms with Gasteiger partial charge in [-0.1, -0.05) is 36.9 Å². The molecule has 0 spiro atoms. The first-order chi connectivity index (χ1) is 8.43. The van der Waals surface area contributed by atoms with Gasteiger partial charge in [0.15, 0.2) is 5.12 Å². The minimum absolute atomic E-state index is 0.137. The third-order valence-corrected chi connectivity index (χ3v) is 3.72. The van der Waals surface area contributed by atoms with E-state index < -0.39 is 23.6 Å². The maximum atomic E-state index is 13.6. The van der Waals surface area contributed by atoms with E-state index in [0.717, 1.165) is 11.8 Å². The van der Waals surface area contributed by atoms with Gasteiger partial charge >= 0.3 is 5.97 Å². The standard InChI is InChI=1S/C13H15FO3S/c1-8(10-5-3-4-6-12(10)14)11(13(16)17)7-18-9(2)15/h3-6,8,11H,7H2,1-2H3,(H,16,17). The molecule has 5 heteroatoms. The van der Waals surface area contributed by atoms with Crippen molar-refractivity contribution in [2.75, 3.05) is 5.75 Å². The van der Waals surface area contributed by atoms with E-state index in [1.165, 1.54) is 13.0 Å². The van der Waals surface area contributed by atoms with Gasteiger partial charge in [0.25, 0.3) is 0 Å². The van der Waals surface area contributed by atoms with Crippen LogP contribution in [0.2, 0.25) is 0 Å². The van der Waals surface area contributed by atoms with Crippen LogP contribution in [0.3, 0.4) is 0 Å². The second-order valence-corrected chi connectivity index (χ2v) is 5.25. The summed E-state index contributed by atoms with van der Waals surface area (Å²) in [5.41, 5.74) is 0.369. The molecule has 0 bridgehead atoms. The Morgan fingerprint density at radius 3 is 2.50 bits per heavy atom. The third-order valence-electron chi connectivity index (χ3n) is 2.78. The van der Waals surface area contributed by atoms with Crippen molar-refractivity contribution in [3.8, 4) is 0 Å². The van der Waals surface area contributed by atoms with E-state index in [0.29, 0.717) is 5.56 Å². The van der Waals surface area contributed by atoms with Crippen LogP contribution in [0.4, 0.5) is 4.39 Å². The van der Waals surface area contributed by atoms with Gasteiger partial charge in [-0.3, -0.25) is 9.59 Å². The molecular weight excluding hydrogens is 255 g/mol. The number of hydrogen-bond acceptors (Lipinski definition) is 3. The highest BCUT2D eigenvalue weighted by atomic mass is 32.2. The van der Waals surface area contributed by atoms with Crippen molar-refractivity contribution in [1.82, 2.24) is 0 Å². The van der Waals surface area contributed by atoms with Gasteiger partial charge in [-0.05, 0) is 17.5 Å². The fraction of sp³-hybridized carbons (Fsp3) is 0.385. The molecule has 0 amide bonds. The van der Waals surface area contributed by atoms with Crippen molar-refractivity contribution in [3.05, 3.63) is 35.6 Å². The molecule has 2 unspecified atom stereocenters. The Bertz CT molecular complexity index is 448. The van der Waals surface area contributed by atoms with Crippen molar-refractivity contribution in [1.29, 1.82) is 0 Å². The Balaban J connectivity index is 2.89. The molecule has 1 aromatic carbocycles. The average molecular weight is 270 g/mol. The highest BCUT2D eigenvalue weighted by Crippen LogP contribution is 2.29. The minimum Gasteiger partial charge on any atom is -0.481 e. The largest absolute Gasteiger partial charge is 0.481 e. The zero-order chi connectivity index (χ0) is 13.7. The Hall–Kier alpha value is -1.36. The molecule has 98 valence electrons. The van der Waals surface area contributed by atoms with Gasteiger partial charge in [0.1, 0.15) is 5.82 Å². The highest BCUT2D eigenvalue weighted by molar-refractivity contribution is 8.13. The lowest BCUT2D eigenvalue weighted by Gasteiger charge is -2.20. The number of thioether (sulfide) groups is 1. The van der Waals surface area contributed by atoms with Gasteiger partial charge in [-0.15, -0.1) is 0 Å².